The zero-order valence-electron chi connectivity index (χ0n) is 34.4. The first-order valence-corrected chi connectivity index (χ1v) is 19.8. The summed E-state index contributed by atoms with van der Waals surface area (Å²) in [6.07, 6.45) is -1.24. The summed E-state index contributed by atoms with van der Waals surface area (Å²) in [5.41, 5.74) is 7.75. The van der Waals surface area contributed by atoms with E-state index in [2.05, 4.69) is 26.3 Å². The molecule has 5 unspecified atom stereocenters. The van der Waals surface area contributed by atoms with E-state index in [0.717, 1.165) is 23.4 Å². The number of fused-ring (bicyclic) bond motifs is 1. The van der Waals surface area contributed by atoms with Gasteiger partial charge in [-0.25, -0.2) is 4.79 Å². The molecule has 9 N–H and O–H groups in total. The monoisotopic (exact) mass is 832 g/mol. The van der Waals surface area contributed by atoms with Gasteiger partial charge in [-0.2, -0.15) is 0 Å². The molecule has 5 atom stereocenters. The Morgan fingerprint density at radius 2 is 1.16 bits per heavy atom. The molecule has 15 heteroatoms. The van der Waals surface area contributed by atoms with E-state index in [-0.39, 0.29) is 6.42 Å². The van der Waals surface area contributed by atoms with Crippen LogP contribution in [-0.4, -0.2) is 86.6 Å². The fraction of sp³-hybridized carbons (Fsp3) is 0.304. The molecule has 5 rings (SSSR count). The summed E-state index contributed by atoms with van der Waals surface area (Å²) in [6.45, 7) is 5.92. The maximum atomic E-state index is 14.6. The number of rotatable bonds is 18. The minimum absolute atomic E-state index is 0.0507. The lowest BCUT2D eigenvalue weighted by Gasteiger charge is -2.37. The molecular weight excluding hydrogens is 781 g/mol. The van der Waals surface area contributed by atoms with Gasteiger partial charge in [-0.05, 0) is 62.4 Å². The van der Waals surface area contributed by atoms with Gasteiger partial charge in [0.25, 0.3) is 0 Å². The quantitative estimate of drug-likeness (QED) is 0.0474. The highest BCUT2D eigenvalue weighted by Gasteiger charge is 2.40. The van der Waals surface area contributed by atoms with Crippen molar-refractivity contribution in [3.05, 3.63) is 144 Å². The molecule has 15 nitrogen and oxygen atoms in total. The third-order valence-electron chi connectivity index (χ3n) is 9.89. The summed E-state index contributed by atoms with van der Waals surface area (Å²) < 4.78 is 5.39. The highest BCUT2D eigenvalue weighted by atomic mass is 16.6. The van der Waals surface area contributed by atoms with Crippen LogP contribution in [0.25, 0.3) is 10.9 Å². The largest absolute Gasteiger partial charge is 0.480 e. The minimum atomic E-state index is -1.81. The number of carboxylic acids is 1. The molecule has 0 aliphatic heterocycles. The molecule has 0 fully saturated rings. The van der Waals surface area contributed by atoms with Gasteiger partial charge in [0, 0.05) is 17.1 Å². The van der Waals surface area contributed by atoms with Gasteiger partial charge >= 0.3 is 11.9 Å². The molecule has 0 radical (unpaired) electrons. The predicted molar refractivity (Wildman–Crippen MR) is 228 cm³/mol. The Balaban J connectivity index is 1.51. The van der Waals surface area contributed by atoms with Crippen molar-refractivity contribution in [3.8, 4) is 0 Å². The molecule has 0 spiro atoms. The lowest BCUT2D eigenvalue weighted by Crippen LogP contribution is -2.60. The van der Waals surface area contributed by atoms with Crippen LogP contribution < -0.4 is 27.0 Å². The Kier molecular flexibility index (Phi) is 14.8. The number of hydrogen-bond donors (Lipinski definition) is 8. The maximum absolute atomic E-state index is 14.6. The molecule has 0 aliphatic rings. The summed E-state index contributed by atoms with van der Waals surface area (Å²) in [5.74, 6) is -6.21. The lowest BCUT2D eigenvalue weighted by molar-refractivity contribution is -0.157. The molecule has 0 bridgehead atoms. The number of carbonyl (C=O) groups is 6. The van der Waals surface area contributed by atoms with Gasteiger partial charge in [-0.15, -0.1) is 0 Å². The first kappa shape index (κ1) is 45.2. The molecule has 4 aromatic carbocycles. The number of carboxylic acid groups (broad SMARTS) is 1. The second-order valence-corrected chi connectivity index (χ2v) is 15.7. The molecule has 320 valence electrons. The van der Waals surface area contributed by atoms with Gasteiger partial charge in [0.1, 0.15) is 23.2 Å². The van der Waals surface area contributed by atoms with Crippen molar-refractivity contribution in [1.29, 1.82) is 0 Å². The van der Waals surface area contributed by atoms with Crippen LogP contribution in [0, 0.1) is 0 Å². The Labute approximate surface area is 353 Å². The number of hydrogen-bond acceptors (Lipinski definition) is 9. The Morgan fingerprint density at radius 3 is 1.67 bits per heavy atom. The molecule has 5 aromatic rings. The van der Waals surface area contributed by atoms with Crippen LogP contribution in [0.1, 0.15) is 62.8 Å². The highest BCUT2D eigenvalue weighted by Crippen LogP contribution is 2.37. The van der Waals surface area contributed by atoms with Gasteiger partial charge in [0.15, 0.2) is 6.04 Å². The van der Waals surface area contributed by atoms with E-state index in [1.165, 1.54) is 0 Å². The number of ether oxygens (including phenoxy) is 1. The van der Waals surface area contributed by atoms with E-state index in [1.807, 2.05) is 115 Å². The fourth-order valence-electron chi connectivity index (χ4n) is 7.02. The summed E-state index contributed by atoms with van der Waals surface area (Å²) in [4.78, 5) is 84.6. The number of aromatic nitrogens is 1. The van der Waals surface area contributed by atoms with Crippen LogP contribution in [0.4, 0.5) is 0 Å². The third-order valence-corrected chi connectivity index (χ3v) is 9.89. The zero-order valence-corrected chi connectivity index (χ0v) is 34.4. The van der Waals surface area contributed by atoms with Crippen LogP contribution in [0.3, 0.4) is 0 Å². The number of aliphatic carboxylic acids is 1. The van der Waals surface area contributed by atoms with E-state index in [4.69, 9.17) is 10.5 Å². The maximum Gasteiger partial charge on any atom is 0.328 e. The molecule has 61 heavy (non-hydrogen) atoms. The van der Waals surface area contributed by atoms with Crippen molar-refractivity contribution >= 4 is 46.5 Å². The number of aliphatic hydroxyl groups excluding tert-OH is 1. The number of nitrogens with two attached hydrogens (primary N) is 1. The Bertz CT molecular complexity index is 2210. The van der Waals surface area contributed by atoms with Gasteiger partial charge in [0.05, 0.1) is 25.0 Å². The SMILES string of the molecule is CC(O)C(NC(=O)C(CC(=O)OC(C)(C)C)NC(=O)C(CC(=O)NC(c1ccccc1)(c1ccccc1)c1ccccc1)NC(=O)C(N)Cc1c[nH]c2ccccc12)C(=O)O. The number of carbonyl (C=O) groups excluding carboxylic acids is 5. The average Bonchev–Trinajstić information content (AvgIpc) is 3.63. The number of aromatic amines is 1. The highest BCUT2D eigenvalue weighted by molar-refractivity contribution is 5.98. The predicted octanol–water partition coefficient (Wildman–Crippen LogP) is 3.19. The van der Waals surface area contributed by atoms with E-state index >= 15 is 0 Å². The normalized spacial score (nSPS) is 14.1. The summed E-state index contributed by atoms with van der Waals surface area (Å²) >= 11 is 0. The number of benzene rings is 4. The average molecular weight is 833 g/mol. The number of nitrogens with one attached hydrogen (secondary N) is 5. The van der Waals surface area contributed by atoms with Crippen molar-refractivity contribution in [1.82, 2.24) is 26.3 Å². The molecule has 4 amide bonds. The molecule has 0 aliphatic carbocycles. The Morgan fingerprint density at radius 1 is 0.689 bits per heavy atom. The van der Waals surface area contributed by atoms with E-state index < -0.39 is 89.8 Å². The molecular formula is C46H52N6O9. The summed E-state index contributed by atoms with van der Waals surface area (Å²) in [6, 6.07) is 28.6. The fourth-order valence-corrected chi connectivity index (χ4v) is 7.02. The number of amides is 4. The van der Waals surface area contributed by atoms with Crippen LogP contribution in [-0.2, 0) is 45.5 Å². The summed E-state index contributed by atoms with van der Waals surface area (Å²) in [5, 5.41) is 30.9. The number of H-pyrrole nitrogens is 1. The molecule has 1 aromatic heterocycles. The Hall–Kier alpha value is -6.84. The summed E-state index contributed by atoms with van der Waals surface area (Å²) in [7, 11) is 0. The van der Waals surface area contributed by atoms with Gasteiger partial charge < -0.3 is 46.9 Å². The number of aliphatic hydroxyl groups is 1. The van der Waals surface area contributed by atoms with Crippen LogP contribution in [0.5, 0.6) is 0 Å². The molecule has 0 saturated carbocycles. The van der Waals surface area contributed by atoms with Gasteiger partial charge in [0.2, 0.25) is 23.6 Å². The van der Waals surface area contributed by atoms with Gasteiger partial charge in [-0.3, -0.25) is 24.0 Å². The van der Waals surface area contributed by atoms with Crippen LogP contribution >= 0.6 is 0 Å². The van der Waals surface area contributed by atoms with Crippen molar-refractivity contribution in [2.75, 3.05) is 0 Å². The molecule has 0 saturated heterocycles. The van der Waals surface area contributed by atoms with Crippen molar-refractivity contribution in [2.24, 2.45) is 5.73 Å². The van der Waals surface area contributed by atoms with Crippen molar-refractivity contribution in [3.63, 3.8) is 0 Å². The van der Waals surface area contributed by atoms with Crippen LogP contribution in [0.15, 0.2) is 121 Å². The van der Waals surface area contributed by atoms with Crippen molar-refractivity contribution in [2.45, 2.75) is 88.4 Å². The third kappa shape index (κ3) is 11.7. The lowest BCUT2D eigenvalue weighted by atomic mass is 9.77. The molecule has 1 heterocycles. The number of esters is 1. The topological polar surface area (TPSA) is 242 Å². The first-order chi connectivity index (χ1) is 29.0. The standard InChI is InChI=1S/C46H52N6O9/c1-28(53)40(44(59)60)51-43(58)37(26-39(55)61-45(2,3)4)50-42(57)36(49-41(56)34(47)24-29-27-48-35-23-15-14-22-33(29)35)25-38(54)52-46(30-16-8-5-9-17-30,31-18-10-6-11-19-31)32-20-12-7-13-21-32/h5-23,27-28,34,36-37,40,48,53H,24-26,47H2,1-4H3,(H,49,56)(H,50,57)(H,51,58)(H,52,54)(H,59,60). The second kappa shape index (κ2) is 19.9. The van der Waals surface area contributed by atoms with Crippen LogP contribution in [0.2, 0.25) is 0 Å². The minimum Gasteiger partial charge on any atom is -0.480 e. The number of para-hydroxylation sites is 1. The van der Waals surface area contributed by atoms with E-state index in [0.29, 0.717) is 16.7 Å². The first-order valence-electron chi connectivity index (χ1n) is 19.8. The van der Waals surface area contributed by atoms with Gasteiger partial charge in [-0.1, -0.05) is 109 Å². The second-order valence-electron chi connectivity index (χ2n) is 15.7. The van der Waals surface area contributed by atoms with E-state index in [1.54, 1.807) is 27.0 Å². The van der Waals surface area contributed by atoms with Crippen molar-refractivity contribution < 1.29 is 43.7 Å². The van der Waals surface area contributed by atoms with E-state index in [9.17, 15) is 39.0 Å². The zero-order chi connectivity index (χ0) is 44.3. The smallest absolute Gasteiger partial charge is 0.328 e.